The zero-order chi connectivity index (χ0) is 20.2. The second-order valence-electron chi connectivity index (χ2n) is 6.65. The van der Waals surface area contributed by atoms with Crippen molar-refractivity contribution in [3.8, 4) is 0 Å². The Morgan fingerprint density at radius 1 is 1.15 bits per heavy atom. The highest BCUT2D eigenvalue weighted by atomic mass is 16.5. The first-order valence-electron chi connectivity index (χ1n) is 8.94. The molecule has 148 valence electrons. The number of amides is 2. The number of hydrogen-bond donors (Lipinski definition) is 3. The minimum atomic E-state index is -1.12. The largest absolute Gasteiger partial charge is 0.480 e. The van der Waals surface area contributed by atoms with Gasteiger partial charge in [0.15, 0.2) is 0 Å². The molecule has 7 heteroatoms. The van der Waals surface area contributed by atoms with Crippen molar-refractivity contribution in [2.24, 2.45) is 5.92 Å². The van der Waals surface area contributed by atoms with Crippen molar-refractivity contribution in [2.45, 2.75) is 51.8 Å². The fourth-order valence-corrected chi connectivity index (χ4v) is 2.42. The fourth-order valence-electron chi connectivity index (χ4n) is 2.42. The van der Waals surface area contributed by atoms with Crippen LogP contribution in [-0.2, 0) is 20.9 Å². The molecule has 0 aromatic heterocycles. The van der Waals surface area contributed by atoms with Crippen molar-refractivity contribution in [1.29, 1.82) is 0 Å². The van der Waals surface area contributed by atoms with Crippen molar-refractivity contribution in [3.05, 3.63) is 48.6 Å². The van der Waals surface area contributed by atoms with E-state index in [9.17, 15) is 19.5 Å². The monoisotopic (exact) mass is 376 g/mol. The lowest BCUT2D eigenvalue weighted by molar-refractivity contribution is -0.142. The molecule has 0 aliphatic heterocycles. The highest BCUT2D eigenvalue weighted by Gasteiger charge is 2.27. The first-order chi connectivity index (χ1) is 12.8. The molecule has 2 amide bonds. The molecule has 1 rings (SSSR count). The van der Waals surface area contributed by atoms with Gasteiger partial charge in [0.2, 0.25) is 5.91 Å². The molecule has 0 heterocycles. The Balaban J connectivity index is 2.66. The van der Waals surface area contributed by atoms with Crippen molar-refractivity contribution >= 4 is 18.0 Å². The van der Waals surface area contributed by atoms with Crippen LogP contribution >= 0.6 is 0 Å². The van der Waals surface area contributed by atoms with Crippen LogP contribution in [0.15, 0.2) is 43.0 Å². The molecule has 0 bridgehead atoms. The number of carbonyl (C=O) groups is 3. The van der Waals surface area contributed by atoms with Gasteiger partial charge < -0.3 is 20.5 Å². The molecule has 0 aliphatic rings. The van der Waals surface area contributed by atoms with E-state index in [4.69, 9.17) is 4.74 Å². The average molecular weight is 376 g/mol. The van der Waals surface area contributed by atoms with Crippen molar-refractivity contribution in [3.63, 3.8) is 0 Å². The van der Waals surface area contributed by atoms with Crippen LogP contribution in [0, 0.1) is 5.92 Å². The minimum absolute atomic E-state index is 0.0831. The van der Waals surface area contributed by atoms with Gasteiger partial charge in [-0.1, -0.05) is 50.3 Å². The van der Waals surface area contributed by atoms with Crippen LogP contribution in [0.5, 0.6) is 0 Å². The summed E-state index contributed by atoms with van der Waals surface area (Å²) in [4.78, 5) is 35.9. The first-order valence-corrected chi connectivity index (χ1v) is 8.94. The van der Waals surface area contributed by atoms with Gasteiger partial charge in [0.05, 0.1) is 0 Å². The number of hydrogen-bond acceptors (Lipinski definition) is 4. The number of carbonyl (C=O) groups excluding carboxylic acids is 2. The molecular formula is C20H28N2O5. The van der Waals surface area contributed by atoms with E-state index >= 15 is 0 Å². The molecular weight excluding hydrogens is 348 g/mol. The third-order valence-corrected chi connectivity index (χ3v) is 3.80. The molecule has 0 unspecified atom stereocenters. The number of carboxylic acids is 1. The Morgan fingerprint density at radius 2 is 1.81 bits per heavy atom. The molecule has 0 spiro atoms. The number of alkyl carbamates (subject to hydrolysis) is 1. The highest BCUT2D eigenvalue weighted by Crippen LogP contribution is 2.08. The van der Waals surface area contributed by atoms with Gasteiger partial charge in [0.25, 0.3) is 0 Å². The van der Waals surface area contributed by atoms with Gasteiger partial charge in [-0.25, -0.2) is 9.59 Å². The lowest BCUT2D eigenvalue weighted by Gasteiger charge is -2.22. The molecule has 0 saturated heterocycles. The number of aliphatic carboxylic acids is 1. The second-order valence-corrected chi connectivity index (χ2v) is 6.65. The van der Waals surface area contributed by atoms with Crippen LogP contribution in [0.2, 0.25) is 0 Å². The fraction of sp³-hybridized carbons (Fsp3) is 0.450. The summed E-state index contributed by atoms with van der Waals surface area (Å²) in [5.41, 5.74) is 0.827. The molecule has 0 saturated carbocycles. The van der Waals surface area contributed by atoms with Crippen LogP contribution in [0.4, 0.5) is 4.79 Å². The lowest BCUT2D eigenvalue weighted by Crippen LogP contribution is -2.52. The summed E-state index contributed by atoms with van der Waals surface area (Å²) < 4.78 is 5.15. The third-order valence-electron chi connectivity index (χ3n) is 3.80. The van der Waals surface area contributed by atoms with Crippen LogP contribution in [0.3, 0.4) is 0 Å². The van der Waals surface area contributed by atoms with Crippen molar-refractivity contribution < 1.29 is 24.2 Å². The smallest absolute Gasteiger partial charge is 0.408 e. The summed E-state index contributed by atoms with van der Waals surface area (Å²) in [6.07, 6.45) is 1.92. The quantitative estimate of drug-likeness (QED) is 0.515. The van der Waals surface area contributed by atoms with Gasteiger partial charge in [-0.3, -0.25) is 4.79 Å². The van der Waals surface area contributed by atoms with E-state index in [-0.39, 0.29) is 18.9 Å². The van der Waals surface area contributed by atoms with E-state index in [0.29, 0.717) is 12.8 Å². The van der Waals surface area contributed by atoms with Crippen molar-refractivity contribution in [2.75, 3.05) is 0 Å². The van der Waals surface area contributed by atoms with Crippen LogP contribution in [-0.4, -0.2) is 35.2 Å². The summed E-state index contributed by atoms with van der Waals surface area (Å²) in [7, 11) is 0. The van der Waals surface area contributed by atoms with Gasteiger partial charge in [0, 0.05) is 0 Å². The maximum Gasteiger partial charge on any atom is 0.408 e. The third kappa shape index (κ3) is 8.89. The van der Waals surface area contributed by atoms with E-state index in [0.717, 1.165) is 5.56 Å². The molecule has 0 fully saturated rings. The summed E-state index contributed by atoms with van der Waals surface area (Å²) in [6.45, 7) is 7.45. The topological polar surface area (TPSA) is 105 Å². The summed E-state index contributed by atoms with van der Waals surface area (Å²) in [5, 5.41) is 14.3. The number of benzene rings is 1. The van der Waals surface area contributed by atoms with Crippen LogP contribution < -0.4 is 10.6 Å². The Labute approximate surface area is 159 Å². The van der Waals surface area contributed by atoms with E-state index in [1.807, 2.05) is 44.2 Å². The molecule has 3 N–H and O–H groups in total. The molecule has 7 nitrogen and oxygen atoms in total. The lowest BCUT2D eigenvalue weighted by atomic mass is 10.0. The molecule has 0 radical (unpaired) electrons. The van der Waals surface area contributed by atoms with E-state index in [1.54, 1.807) is 6.08 Å². The molecule has 2 atom stereocenters. The van der Waals surface area contributed by atoms with Gasteiger partial charge in [-0.2, -0.15) is 0 Å². The van der Waals surface area contributed by atoms with Gasteiger partial charge in [-0.05, 0) is 30.7 Å². The minimum Gasteiger partial charge on any atom is -0.480 e. The zero-order valence-electron chi connectivity index (χ0n) is 15.8. The number of nitrogens with one attached hydrogen (secondary N) is 2. The molecule has 0 aliphatic carbocycles. The summed E-state index contributed by atoms with van der Waals surface area (Å²) in [6, 6.07) is 7.26. The Hall–Kier alpha value is -2.83. The van der Waals surface area contributed by atoms with Gasteiger partial charge in [-0.15, -0.1) is 6.58 Å². The Bertz CT molecular complexity index is 631. The Morgan fingerprint density at radius 3 is 2.37 bits per heavy atom. The highest BCUT2D eigenvalue weighted by molar-refractivity contribution is 5.89. The maximum absolute atomic E-state index is 12.5. The second kappa shape index (κ2) is 11.7. The van der Waals surface area contributed by atoms with Crippen molar-refractivity contribution in [1.82, 2.24) is 10.6 Å². The van der Waals surface area contributed by atoms with Gasteiger partial charge in [0.1, 0.15) is 18.7 Å². The Kier molecular flexibility index (Phi) is 9.64. The van der Waals surface area contributed by atoms with Gasteiger partial charge >= 0.3 is 12.1 Å². The van der Waals surface area contributed by atoms with E-state index in [2.05, 4.69) is 17.2 Å². The summed E-state index contributed by atoms with van der Waals surface area (Å²) >= 11 is 0. The van der Waals surface area contributed by atoms with E-state index in [1.165, 1.54) is 0 Å². The molecule has 1 aromatic carbocycles. The normalized spacial score (nSPS) is 12.7. The summed E-state index contributed by atoms with van der Waals surface area (Å²) in [5.74, 6) is -1.55. The average Bonchev–Trinajstić information content (AvgIpc) is 2.63. The number of allylic oxidation sites excluding steroid dienone is 1. The molecule has 27 heavy (non-hydrogen) atoms. The standard InChI is InChI=1S/C20H28N2O5/c1-4-5-11-16(19(24)25)21-18(23)17(12-14(2)3)22-20(26)27-13-15-9-7-6-8-10-15/h4,6-10,14,16-17H,1,5,11-13H2,2-3H3,(H,21,23)(H,22,26)(H,24,25)/t16-,17+/m1/s1. The predicted molar refractivity (Wildman–Crippen MR) is 102 cm³/mol. The zero-order valence-corrected chi connectivity index (χ0v) is 15.8. The predicted octanol–water partition coefficient (Wildman–Crippen LogP) is 2.86. The number of ether oxygens (including phenoxy) is 1. The number of carboxylic acid groups (broad SMARTS) is 1. The maximum atomic E-state index is 12.5. The number of rotatable bonds is 11. The van der Waals surface area contributed by atoms with Crippen LogP contribution in [0.1, 0.15) is 38.7 Å². The molecule has 1 aromatic rings. The SMILES string of the molecule is C=CCC[C@@H](NC(=O)[C@H](CC(C)C)NC(=O)OCc1ccccc1)C(=O)O. The van der Waals surface area contributed by atoms with Crippen LogP contribution in [0.25, 0.3) is 0 Å². The first kappa shape index (κ1) is 22.2. The van der Waals surface area contributed by atoms with E-state index < -0.39 is 30.1 Å².